The van der Waals surface area contributed by atoms with Crippen molar-refractivity contribution < 1.29 is 19.1 Å². The molecule has 1 heterocycles. The number of carbonyl (C=O) groups is 2. The molecule has 0 aromatic heterocycles. The fourth-order valence-electron chi connectivity index (χ4n) is 2.41. The lowest BCUT2D eigenvalue weighted by Crippen LogP contribution is -2.53. The van der Waals surface area contributed by atoms with Crippen molar-refractivity contribution in [3.05, 3.63) is 35.9 Å². The topological polar surface area (TPSA) is 80.0 Å². The Morgan fingerprint density at radius 1 is 1.30 bits per heavy atom. The lowest BCUT2D eigenvalue weighted by Gasteiger charge is -2.23. The van der Waals surface area contributed by atoms with E-state index < -0.39 is 17.7 Å². The Kier molecular flexibility index (Phi) is 5.87. The first-order chi connectivity index (χ1) is 11.0. The first-order valence-electron chi connectivity index (χ1n) is 7.69. The minimum Gasteiger partial charge on any atom is -0.383 e. The molecule has 0 bridgehead atoms. The summed E-state index contributed by atoms with van der Waals surface area (Å²) in [7, 11) is 3.21. The van der Waals surface area contributed by atoms with Crippen molar-refractivity contribution in [1.82, 2.24) is 10.6 Å². The number of carbonyl (C=O) groups excluding carboxylic acids is 2. The Morgan fingerprint density at radius 3 is 2.48 bits per heavy atom. The molecule has 1 saturated heterocycles. The van der Waals surface area contributed by atoms with E-state index in [0.717, 1.165) is 5.56 Å². The molecule has 23 heavy (non-hydrogen) atoms. The Labute approximate surface area is 136 Å². The molecular formula is C17H24N2O4. The number of benzene rings is 1. The van der Waals surface area contributed by atoms with Crippen LogP contribution in [-0.4, -0.2) is 56.7 Å². The second-order valence-electron chi connectivity index (χ2n) is 5.93. The van der Waals surface area contributed by atoms with Gasteiger partial charge in [-0.1, -0.05) is 30.3 Å². The maximum Gasteiger partial charge on any atom is 0.240 e. The zero-order valence-corrected chi connectivity index (χ0v) is 13.8. The van der Waals surface area contributed by atoms with Gasteiger partial charge in [-0.2, -0.15) is 0 Å². The number of methoxy groups -OCH3 is 1. The molecule has 0 radical (unpaired) electrons. The summed E-state index contributed by atoms with van der Waals surface area (Å²) in [6.07, 6.45) is 0.438. The number of ketones is 1. The van der Waals surface area contributed by atoms with Crippen molar-refractivity contribution in [2.75, 3.05) is 27.4 Å². The Hall–Kier alpha value is -1.76. The van der Waals surface area contributed by atoms with Crippen LogP contribution in [0.1, 0.15) is 12.5 Å². The SMILES string of the molecule is CNC(COC)C(=O)NC(Cc1ccccc1)C(=O)C1(C)CO1. The normalized spacial score (nSPS) is 22.2. The van der Waals surface area contributed by atoms with Gasteiger partial charge in [-0.05, 0) is 26.0 Å². The second-order valence-corrected chi connectivity index (χ2v) is 5.93. The van der Waals surface area contributed by atoms with E-state index in [-0.39, 0.29) is 18.3 Å². The number of ether oxygens (including phenoxy) is 2. The third kappa shape index (κ3) is 4.60. The largest absolute Gasteiger partial charge is 0.383 e. The lowest BCUT2D eigenvalue weighted by atomic mass is 9.94. The predicted octanol–water partition coefficient (Wildman–Crippen LogP) is 0.306. The number of hydrogen-bond donors (Lipinski definition) is 2. The van der Waals surface area contributed by atoms with Gasteiger partial charge in [-0.3, -0.25) is 9.59 Å². The fourth-order valence-corrected chi connectivity index (χ4v) is 2.41. The van der Waals surface area contributed by atoms with Gasteiger partial charge in [-0.25, -0.2) is 0 Å². The third-order valence-corrected chi connectivity index (χ3v) is 4.01. The van der Waals surface area contributed by atoms with Crippen molar-refractivity contribution >= 4 is 11.7 Å². The van der Waals surface area contributed by atoms with Crippen LogP contribution in [0.3, 0.4) is 0 Å². The van der Waals surface area contributed by atoms with Gasteiger partial charge in [0.2, 0.25) is 5.91 Å². The van der Waals surface area contributed by atoms with Crippen LogP contribution in [0.4, 0.5) is 0 Å². The minimum absolute atomic E-state index is 0.0954. The summed E-state index contributed by atoms with van der Waals surface area (Å²) in [5.41, 5.74) is 0.214. The number of rotatable bonds is 9. The Bertz CT molecular complexity index is 543. The number of Topliss-reactive ketones (excluding diaryl/α,β-unsaturated/α-hetero) is 1. The summed E-state index contributed by atoms with van der Waals surface area (Å²) >= 11 is 0. The highest BCUT2D eigenvalue weighted by Gasteiger charge is 2.50. The third-order valence-electron chi connectivity index (χ3n) is 4.01. The zero-order valence-electron chi connectivity index (χ0n) is 13.8. The van der Waals surface area contributed by atoms with E-state index in [2.05, 4.69) is 10.6 Å². The molecule has 0 aliphatic carbocycles. The molecule has 2 rings (SSSR count). The molecule has 1 aromatic carbocycles. The quantitative estimate of drug-likeness (QED) is 0.640. The first kappa shape index (κ1) is 17.6. The number of epoxide rings is 1. The fraction of sp³-hybridized carbons (Fsp3) is 0.529. The standard InChI is InChI=1S/C17H24N2O4/c1-17(11-23-17)15(20)13(9-12-7-5-4-6-8-12)19-16(21)14(18-2)10-22-3/h4-8,13-14,18H,9-11H2,1-3H3,(H,19,21). The summed E-state index contributed by atoms with van der Waals surface area (Å²) in [4.78, 5) is 25.0. The summed E-state index contributed by atoms with van der Waals surface area (Å²) in [5.74, 6) is -0.352. The van der Waals surface area contributed by atoms with Crippen molar-refractivity contribution in [2.45, 2.75) is 31.0 Å². The van der Waals surface area contributed by atoms with Gasteiger partial charge >= 0.3 is 0 Å². The van der Waals surface area contributed by atoms with E-state index in [9.17, 15) is 9.59 Å². The number of hydrogen-bond acceptors (Lipinski definition) is 5. The molecule has 1 amide bonds. The molecule has 2 N–H and O–H groups in total. The highest BCUT2D eigenvalue weighted by atomic mass is 16.6. The molecule has 6 nitrogen and oxygen atoms in total. The Balaban J connectivity index is 2.10. The minimum atomic E-state index is -0.775. The summed E-state index contributed by atoms with van der Waals surface area (Å²) in [6, 6.07) is 8.49. The predicted molar refractivity (Wildman–Crippen MR) is 86.2 cm³/mol. The van der Waals surface area contributed by atoms with E-state index >= 15 is 0 Å². The number of amides is 1. The van der Waals surface area contributed by atoms with Crippen LogP contribution in [0.25, 0.3) is 0 Å². The van der Waals surface area contributed by atoms with E-state index in [4.69, 9.17) is 9.47 Å². The monoisotopic (exact) mass is 320 g/mol. The zero-order chi connectivity index (χ0) is 16.9. The summed E-state index contributed by atoms with van der Waals surface area (Å²) in [6.45, 7) is 2.40. The van der Waals surface area contributed by atoms with Gasteiger partial charge in [0.1, 0.15) is 11.6 Å². The molecule has 1 aliphatic rings. The van der Waals surface area contributed by atoms with Gasteiger partial charge in [0.15, 0.2) is 5.78 Å². The average Bonchev–Trinajstić information content (AvgIpc) is 3.31. The van der Waals surface area contributed by atoms with E-state index in [1.165, 1.54) is 7.11 Å². The van der Waals surface area contributed by atoms with E-state index in [0.29, 0.717) is 13.0 Å². The molecule has 0 spiro atoms. The molecule has 6 heteroatoms. The average molecular weight is 320 g/mol. The van der Waals surface area contributed by atoms with Crippen LogP contribution < -0.4 is 10.6 Å². The van der Waals surface area contributed by atoms with Gasteiger partial charge in [-0.15, -0.1) is 0 Å². The highest BCUT2D eigenvalue weighted by Crippen LogP contribution is 2.29. The molecule has 3 atom stereocenters. The maximum atomic E-state index is 12.6. The van der Waals surface area contributed by atoms with Crippen molar-refractivity contribution in [3.63, 3.8) is 0 Å². The van der Waals surface area contributed by atoms with Gasteiger partial charge in [0.25, 0.3) is 0 Å². The molecule has 126 valence electrons. The molecule has 1 aliphatic heterocycles. The van der Waals surface area contributed by atoms with E-state index in [1.807, 2.05) is 30.3 Å². The van der Waals surface area contributed by atoms with Crippen molar-refractivity contribution in [2.24, 2.45) is 0 Å². The summed E-state index contributed by atoms with van der Waals surface area (Å²) < 4.78 is 10.3. The molecule has 1 fully saturated rings. The lowest BCUT2D eigenvalue weighted by molar-refractivity contribution is -0.131. The maximum absolute atomic E-state index is 12.6. The molecule has 1 aromatic rings. The first-order valence-corrected chi connectivity index (χ1v) is 7.69. The van der Waals surface area contributed by atoms with Gasteiger partial charge in [0.05, 0.1) is 19.3 Å². The van der Waals surface area contributed by atoms with Crippen LogP contribution >= 0.6 is 0 Å². The number of likely N-dealkylation sites (N-methyl/N-ethyl adjacent to an activating group) is 1. The van der Waals surface area contributed by atoms with Crippen molar-refractivity contribution in [1.29, 1.82) is 0 Å². The van der Waals surface area contributed by atoms with Gasteiger partial charge in [0, 0.05) is 7.11 Å². The van der Waals surface area contributed by atoms with Crippen LogP contribution in [-0.2, 0) is 25.5 Å². The van der Waals surface area contributed by atoms with Crippen molar-refractivity contribution in [3.8, 4) is 0 Å². The van der Waals surface area contributed by atoms with Gasteiger partial charge < -0.3 is 20.1 Å². The molecular weight excluding hydrogens is 296 g/mol. The summed E-state index contributed by atoms with van der Waals surface area (Å²) in [5, 5.41) is 5.72. The van der Waals surface area contributed by atoms with Crippen LogP contribution in [0.15, 0.2) is 30.3 Å². The highest BCUT2D eigenvalue weighted by molar-refractivity contribution is 5.97. The Morgan fingerprint density at radius 2 is 1.96 bits per heavy atom. The number of nitrogens with one attached hydrogen (secondary N) is 2. The molecule has 0 saturated carbocycles. The van der Waals surface area contributed by atoms with Crippen LogP contribution in [0, 0.1) is 0 Å². The van der Waals surface area contributed by atoms with E-state index in [1.54, 1.807) is 14.0 Å². The van der Waals surface area contributed by atoms with Crippen LogP contribution in [0.2, 0.25) is 0 Å². The molecule has 3 unspecified atom stereocenters. The smallest absolute Gasteiger partial charge is 0.240 e. The van der Waals surface area contributed by atoms with Crippen LogP contribution in [0.5, 0.6) is 0 Å². The second kappa shape index (κ2) is 7.68.